The van der Waals surface area contributed by atoms with Gasteiger partial charge in [0, 0.05) is 17.5 Å². The first-order valence-corrected chi connectivity index (χ1v) is 6.16. The molecule has 7 heteroatoms. The molecular formula is C11H14N2O4S. The summed E-state index contributed by atoms with van der Waals surface area (Å²) in [6, 6.07) is 1.47. The van der Waals surface area contributed by atoms with Gasteiger partial charge in [0.25, 0.3) is 0 Å². The minimum Gasteiger partial charge on any atom is -0.469 e. The number of rotatable bonds is 5. The lowest BCUT2D eigenvalue weighted by molar-refractivity contribution is -0.388. The molecular weight excluding hydrogens is 256 g/mol. The van der Waals surface area contributed by atoms with Crippen molar-refractivity contribution >= 4 is 23.4 Å². The van der Waals surface area contributed by atoms with Gasteiger partial charge in [-0.3, -0.25) is 14.9 Å². The fraction of sp³-hybridized carbons (Fsp3) is 0.455. The molecule has 0 bridgehead atoms. The van der Waals surface area contributed by atoms with Crippen molar-refractivity contribution < 1.29 is 14.5 Å². The molecule has 1 atom stereocenters. The Balaban J connectivity index is 2.84. The maximum absolute atomic E-state index is 11.1. The van der Waals surface area contributed by atoms with Crippen LogP contribution in [0.15, 0.2) is 17.3 Å². The Hall–Kier alpha value is -1.63. The molecule has 0 aliphatic rings. The molecule has 0 spiro atoms. The Kier molecular flexibility index (Phi) is 5.08. The molecule has 0 fully saturated rings. The molecule has 1 rings (SSSR count). The van der Waals surface area contributed by atoms with Crippen LogP contribution in [0.3, 0.4) is 0 Å². The highest BCUT2D eigenvalue weighted by Gasteiger charge is 2.20. The highest BCUT2D eigenvalue weighted by molar-refractivity contribution is 8.00. The molecule has 0 N–H and O–H groups in total. The van der Waals surface area contributed by atoms with E-state index in [0.717, 1.165) is 5.56 Å². The second-order valence-corrected chi connectivity index (χ2v) is 5.23. The van der Waals surface area contributed by atoms with E-state index in [9.17, 15) is 14.9 Å². The standard InChI is InChI=1S/C11H14N2O4S/c1-7-4-9(13(15)16)11(12-6-7)18-8(2)5-10(14)17-3/h4,6,8H,5H2,1-3H3. The molecule has 1 heterocycles. The number of aromatic nitrogens is 1. The summed E-state index contributed by atoms with van der Waals surface area (Å²) in [5.41, 5.74) is 0.698. The number of nitrogens with zero attached hydrogens (tertiary/aromatic N) is 2. The number of hydrogen-bond acceptors (Lipinski definition) is 6. The van der Waals surface area contributed by atoms with E-state index in [1.54, 1.807) is 20.0 Å². The van der Waals surface area contributed by atoms with Crippen LogP contribution in [0.5, 0.6) is 0 Å². The minimum atomic E-state index is -0.465. The second kappa shape index (κ2) is 6.34. The van der Waals surface area contributed by atoms with Crippen LogP contribution in [0.2, 0.25) is 0 Å². The number of carbonyl (C=O) groups excluding carboxylic acids is 1. The Morgan fingerprint density at radius 1 is 1.67 bits per heavy atom. The van der Waals surface area contributed by atoms with E-state index >= 15 is 0 Å². The Labute approximate surface area is 109 Å². The molecule has 6 nitrogen and oxygen atoms in total. The average Bonchev–Trinajstić information content (AvgIpc) is 2.30. The van der Waals surface area contributed by atoms with E-state index < -0.39 is 4.92 Å². The van der Waals surface area contributed by atoms with Crippen LogP contribution in [0.25, 0.3) is 0 Å². The number of carbonyl (C=O) groups is 1. The molecule has 0 aliphatic heterocycles. The van der Waals surface area contributed by atoms with Crippen molar-refractivity contribution in [2.45, 2.75) is 30.5 Å². The average molecular weight is 270 g/mol. The summed E-state index contributed by atoms with van der Waals surface area (Å²) in [5.74, 6) is -0.343. The molecule has 1 aromatic rings. The van der Waals surface area contributed by atoms with Gasteiger partial charge in [0.2, 0.25) is 0 Å². The zero-order valence-electron chi connectivity index (χ0n) is 10.4. The van der Waals surface area contributed by atoms with Gasteiger partial charge in [-0.1, -0.05) is 18.7 Å². The lowest BCUT2D eigenvalue weighted by atomic mass is 10.3. The van der Waals surface area contributed by atoms with Crippen molar-refractivity contribution in [3.8, 4) is 0 Å². The number of hydrogen-bond donors (Lipinski definition) is 0. The summed E-state index contributed by atoms with van der Waals surface area (Å²) in [4.78, 5) is 25.6. The molecule has 0 radical (unpaired) electrons. The molecule has 18 heavy (non-hydrogen) atoms. The van der Waals surface area contributed by atoms with Crippen LogP contribution in [0.4, 0.5) is 5.69 Å². The number of methoxy groups -OCH3 is 1. The first-order valence-electron chi connectivity index (χ1n) is 5.28. The number of ether oxygens (including phenoxy) is 1. The van der Waals surface area contributed by atoms with Crippen molar-refractivity contribution in [3.05, 3.63) is 27.9 Å². The van der Waals surface area contributed by atoms with Crippen LogP contribution in [-0.4, -0.2) is 28.2 Å². The third kappa shape index (κ3) is 3.99. The molecule has 0 aliphatic carbocycles. The maximum atomic E-state index is 11.1. The molecule has 1 unspecified atom stereocenters. The van der Waals surface area contributed by atoms with Crippen LogP contribution < -0.4 is 0 Å². The summed E-state index contributed by atoms with van der Waals surface area (Å²) >= 11 is 1.20. The van der Waals surface area contributed by atoms with Gasteiger partial charge >= 0.3 is 11.7 Å². The number of esters is 1. The van der Waals surface area contributed by atoms with Crippen molar-refractivity contribution in [1.29, 1.82) is 0 Å². The van der Waals surface area contributed by atoms with Crippen molar-refractivity contribution in [2.75, 3.05) is 7.11 Å². The van der Waals surface area contributed by atoms with Crippen LogP contribution in [0.1, 0.15) is 18.9 Å². The molecule has 0 aromatic carbocycles. The SMILES string of the molecule is COC(=O)CC(C)Sc1ncc(C)cc1[N+](=O)[O-]. The van der Waals surface area contributed by atoms with Gasteiger partial charge in [0.1, 0.15) is 0 Å². The fourth-order valence-corrected chi connectivity index (χ4v) is 2.28. The maximum Gasteiger partial charge on any atom is 0.306 e. The first-order chi connectivity index (χ1) is 8.43. The van der Waals surface area contributed by atoms with Gasteiger partial charge in [-0.15, -0.1) is 0 Å². The number of pyridine rings is 1. The van der Waals surface area contributed by atoms with Gasteiger partial charge in [-0.25, -0.2) is 4.98 Å². The molecule has 1 aromatic heterocycles. The highest BCUT2D eigenvalue weighted by Crippen LogP contribution is 2.31. The quantitative estimate of drug-likeness (QED) is 0.353. The van der Waals surface area contributed by atoms with E-state index in [1.165, 1.54) is 24.9 Å². The van der Waals surface area contributed by atoms with Crippen LogP contribution in [-0.2, 0) is 9.53 Å². The summed E-state index contributed by atoms with van der Waals surface area (Å²) in [5, 5.41) is 11.1. The zero-order valence-corrected chi connectivity index (χ0v) is 11.2. The largest absolute Gasteiger partial charge is 0.469 e. The number of thioether (sulfide) groups is 1. The van der Waals surface area contributed by atoms with Gasteiger partial charge in [-0.05, 0) is 12.5 Å². The topological polar surface area (TPSA) is 82.3 Å². The predicted molar refractivity (Wildman–Crippen MR) is 67.6 cm³/mol. The van der Waals surface area contributed by atoms with Crippen molar-refractivity contribution in [3.63, 3.8) is 0 Å². The summed E-state index contributed by atoms with van der Waals surface area (Å²) < 4.78 is 4.55. The smallest absolute Gasteiger partial charge is 0.306 e. The van der Waals surface area contributed by atoms with E-state index in [1.807, 2.05) is 0 Å². The zero-order chi connectivity index (χ0) is 13.7. The van der Waals surface area contributed by atoms with E-state index in [-0.39, 0.29) is 23.3 Å². The van der Waals surface area contributed by atoms with E-state index in [0.29, 0.717) is 5.03 Å². The summed E-state index contributed by atoms with van der Waals surface area (Å²) in [6.07, 6.45) is 1.76. The molecule has 98 valence electrons. The summed E-state index contributed by atoms with van der Waals surface area (Å²) in [6.45, 7) is 3.54. The summed E-state index contributed by atoms with van der Waals surface area (Å²) in [7, 11) is 1.31. The highest BCUT2D eigenvalue weighted by atomic mass is 32.2. The second-order valence-electron chi connectivity index (χ2n) is 3.80. The molecule has 0 saturated carbocycles. The van der Waals surface area contributed by atoms with Gasteiger partial charge in [0.15, 0.2) is 5.03 Å². The van der Waals surface area contributed by atoms with Crippen molar-refractivity contribution in [1.82, 2.24) is 4.98 Å². The number of nitro groups is 1. The normalized spacial score (nSPS) is 11.9. The van der Waals surface area contributed by atoms with Crippen molar-refractivity contribution in [2.24, 2.45) is 0 Å². The van der Waals surface area contributed by atoms with Gasteiger partial charge < -0.3 is 4.74 Å². The number of aryl methyl sites for hydroxylation is 1. The van der Waals surface area contributed by atoms with Crippen LogP contribution >= 0.6 is 11.8 Å². The third-order valence-electron chi connectivity index (χ3n) is 2.16. The Morgan fingerprint density at radius 3 is 2.89 bits per heavy atom. The minimum absolute atomic E-state index is 0.0308. The Morgan fingerprint density at radius 2 is 2.33 bits per heavy atom. The Bertz CT molecular complexity index is 464. The fourth-order valence-electron chi connectivity index (χ4n) is 1.31. The molecule has 0 amide bonds. The third-order valence-corrected chi connectivity index (χ3v) is 3.27. The first kappa shape index (κ1) is 14.4. The monoisotopic (exact) mass is 270 g/mol. The predicted octanol–water partition coefficient (Wildman–Crippen LogP) is 2.34. The lowest BCUT2D eigenvalue weighted by Crippen LogP contribution is -2.09. The molecule has 0 saturated heterocycles. The van der Waals surface area contributed by atoms with E-state index in [2.05, 4.69) is 9.72 Å². The van der Waals surface area contributed by atoms with Gasteiger partial charge in [-0.2, -0.15) is 0 Å². The lowest BCUT2D eigenvalue weighted by Gasteiger charge is -2.09. The van der Waals surface area contributed by atoms with Crippen LogP contribution in [0, 0.1) is 17.0 Å². The van der Waals surface area contributed by atoms with Gasteiger partial charge in [0.05, 0.1) is 18.5 Å². The van der Waals surface area contributed by atoms with E-state index in [4.69, 9.17) is 0 Å².